The number of fused-ring (bicyclic) bond motifs is 2. The van der Waals surface area contributed by atoms with E-state index in [4.69, 9.17) is 9.47 Å². The predicted molar refractivity (Wildman–Crippen MR) is 96.2 cm³/mol. The van der Waals surface area contributed by atoms with Crippen LogP contribution in [0.2, 0.25) is 0 Å². The molecule has 1 unspecified atom stereocenters. The maximum atomic E-state index is 12.4. The number of carbonyl (C=O) groups is 1. The fourth-order valence-corrected chi connectivity index (χ4v) is 4.63. The lowest BCUT2D eigenvalue weighted by Gasteiger charge is -2.29. The van der Waals surface area contributed by atoms with Gasteiger partial charge in [-0.2, -0.15) is 0 Å². The van der Waals surface area contributed by atoms with Gasteiger partial charge in [-0.05, 0) is 36.7 Å². The van der Waals surface area contributed by atoms with Gasteiger partial charge in [0.1, 0.15) is 6.61 Å². The molecule has 0 radical (unpaired) electrons. The minimum Gasteiger partial charge on any atom is -0.381 e. The SMILES string of the molecule is O=C(COCC1CCCOC1)N[C@@H]1[C@@H](c2ccccc2)[C@@H]2C=C[C@H]1C2. The van der Waals surface area contributed by atoms with E-state index in [1.807, 2.05) is 6.07 Å². The quantitative estimate of drug-likeness (QED) is 0.810. The van der Waals surface area contributed by atoms with Crippen molar-refractivity contribution in [1.29, 1.82) is 0 Å². The topological polar surface area (TPSA) is 47.6 Å². The molecular formula is C21H27NO3. The third kappa shape index (κ3) is 3.80. The number of rotatable bonds is 6. The van der Waals surface area contributed by atoms with Crippen LogP contribution in [0.5, 0.6) is 0 Å². The van der Waals surface area contributed by atoms with Crippen molar-refractivity contribution in [2.75, 3.05) is 26.4 Å². The zero-order valence-corrected chi connectivity index (χ0v) is 14.6. The van der Waals surface area contributed by atoms with Crippen molar-refractivity contribution >= 4 is 5.91 Å². The van der Waals surface area contributed by atoms with Crippen molar-refractivity contribution in [1.82, 2.24) is 5.32 Å². The summed E-state index contributed by atoms with van der Waals surface area (Å²) in [5, 5.41) is 3.25. The first-order valence-corrected chi connectivity index (χ1v) is 9.49. The van der Waals surface area contributed by atoms with E-state index in [-0.39, 0.29) is 18.6 Å². The van der Waals surface area contributed by atoms with Crippen molar-refractivity contribution in [3.05, 3.63) is 48.0 Å². The number of carbonyl (C=O) groups excluding carboxylic acids is 1. The molecule has 4 heteroatoms. The molecule has 1 saturated heterocycles. The second-order valence-corrected chi connectivity index (χ2v) is 7.58. The molecule has 1 N–H and O–H groups in total. The van der Waals surface area contributed by atoms with Crippen LogP contribution in [0, 0.1) is 17.8 Å². The lowest BCUT2D eigenvalue weighted by atomic mass is 9.83. The van der Waals surface area contributed by atoms with Crippen LogP contribution in [-0.4, -0.2) is 38.4 Å². The third-order valence-corrected chi connectivity index (χ3v) is 5.81. The summed E-state index contributed by atoms with van der Waals surface area (Å²) in [7, 11) is 0. The molecule has 1 heterocycles. The zero-order valence-electron chi connectivity index (χ0n) is 14.6. The summed E-state index contributed by atoms with van der Waals surface area (Å²) in [6.07, 6.45) is 7.97. The van der Waals surface area contributed by atoms with Crippen LogP contribution in [0.3, 0.4) is 0 Å². The number of nitrogens with one attached hydrogen (secondary N) is 1. The summed E-state index contributed by atoms with van der Waals surface area (Å²) >= 11 is 0. The van der Waals surface area contributed by atoms with Crippen molar-refractivity contribution in [2.45, 2.75) is 31.2 Å². The van der Waals surface area contributed by atoms with Crippen molar-refractivity contribution in [3.63, 3.8) is 0 Å². The Labute approximate surface area is 149 Å². The van der Waals surface area contributed by atoms with Gasteiger partial charge in [-0.15, -0.1) is 0 Å². The van der Waals surface area contributed by atoms with Crippen LogP contribution in [0.1, 0.15) is 30.7 Å². The van der Waals surface area contributed by atoms with E-state index in [0.29, 0.717) is 30.3 Å². The largest absolute Gasteiger partial charge is 0.381 e. The van der Waals surface area contributed by atoms with Gasteiger partial charge >= 0.3 is 0 Å². The van der Waals surface area contributed by atoms with Gasteiger partial charge in [0, 0.05) is 24.5 Å². The minimum atomic E-state index is 0.00334. The van der Waals surface area contributed by atoms with E-state index < -0.39 is 0 Å². The molecule has 4 nitrogen and oxygen atoms in total. The van der Waals surface area contributed by atoms with Gasteiger partial charge < -0.3 is 14.8 Å². The molecule has 5 atom stereocenters. The first-order chi connectivity index (χ1) is 12.3. The minimum absolute atomic E-state index is 0.00334. The number of benzene rings is 1. The highest BCUT2D eigenvalue weighted by atomic mass is 16.5. The Morgan fingerprint density at radius 1 is 1.20 bits per heavy atom. The number of allylic oxidation sites excluding steroid dienone is 1. The molecular weight excluding hydrogens is 314 g/mol. The number of amides is 1. The van der Waals surface area contributed by atoms with Gasteiger partial charge in [0.25, 0.3) is 0 Å². The van der Waals surface area contributed by atoms with E-state index in [2.05, 4.69) is 41.7 Å². The van der Waals surface area contributed by atoms with Gasteiger partial charge in [-0.3, -0.25) is 4.79 Å². The summed E-state index contributed by atoms with van der Waals surface area (Å²) in [5.74, 6) is 1.81. The van der Waals surface area contributed by atoms with Crippen LogP contribution in [-0.2, 0) is 14.3 Å². The Balaban J connectivity index is 1.31. The molecule has 1 saturated carbocycles. The monoisotopic (exact) mass is 341 g/mol. The lowest BCUT2D eigenvalue weighted by molar-refractivity contribution is -0.127. The third-order valence-electron chi connectivity index (χ3n) is 5.81. The van der Waals surface area contributed by atoms with Crippen molar-refractivity contribution in [2.24, 2.45) is 17.8 Å². The molecule has 1 amide bonds. The highest BCUT2D eigenvalue weighted by molar-refractivity contribution is 5.77. The van der Waals surface area contributed by atoms with E-state index in [9.17, 15) is 4.79 Å². The molecule has 134 valence electrons. The van der Waals surface area contributed by atoms with Crippen molar-refractivity contribution in [3.8, 4) is 0 Å². The van der Waals surface area contributed by atoms with E-state index >= 15 is 0 Å². The molecule has 25 heavy (non-hydrogen) atoms. The highest BCUT2D eigenvalue weighted by Gasteiger charge is 2.45. The first kappa shape index (κ1) is 16.8. The maximum absolute atomic E-state index is 12.4. The van der Waals surface area contributed by atoms with E-state index in [0.717, 1.165) is 32.5 Å². The molecule has 2 fully saturated rings. The summed E-state index contributed by atoms with van der Waals surface area (Å²) in [5.41, 5.74) is 1.32. The second kappa shape index (κ2) is 7.71. The van der Waals surface area contributed by atoms with Crippen LogP contribution in [0.25, 0.3) is 0 Å². The smallest absolute Gasteiger partial charge is 0.246 e. The highest BCUT2D eigenvalue weighted by Crippen LogP contribution is 2.48. The normalized spacial score (nSPS) is 33.5. The molecule has 4 rings (SSSR count). The van der Waals surface area contributed by atoms with Gasteiger partial charge in [0.15, 0.2) is 0 Å². The fourth-order valence-electron chi connectivity index (χ4n) is 4.63. The number of hydrogen-bond donors (Lipinski definition) is 1. The van der Waals surface area contributed by atoms with E-state index in [1.54, 1.807) is 0 Å². The van der Waals surface area contributed by atoms with Crippen LogP contribution < -0.4 is 5.32 Å². The lowest BCUT2D eigenvalue weighted by Crippen LogP contribution is -2.43. The average molecular weight is 341 g/mol. The standard InChI is InChI=1S/C21H27NO3/c23-19(14-25-13-15-5-4-10-24-12-15)22-21-18-9-8-17(11-18)20(21)16-6-2-1-3-7-16/h1-3,6-9,15,17-18,20-21H,4-5,10-14H2,(H,22,23)/t15?,17-,18+,20+,21+/m1/s1. The predicted octanol–water partition coefficient (Wildman–Crippen LogP) is 2.90. The Bertz CT molecular complexity index is 609. The second-order valence-electron chi connectivity index (χ2n) is 7.58. The van der Waals surface area contributed by atoms with Gasteiger partial charge in [0.05, 0.1) is 13.2 Å². The van der Waals surface area contributed by atoms with Gasteiger partial charge in [0.2, 0.25) is 5.91 Å². The van der Waals surface area contributed by atoms with Crippen LogP contribution >= 0.6 is 0 Å². The molecule has 2 bridgehead atoms. The van der Waals surface area contributed by atoms with Gasteiger partial charge in [-0.1, -0.05) is 42.5 Å². The number of hydrogen-bond acceptors (Lipinski definition) is 3. The summed E-state index contributed by atoms with van der Waals surface area (Å²) < 4.78 is 11.1. The Morgan fingerprint density at radius 3 is 2.84 bits per heavy atom. The van der Waals surface area contributed by atoms with Crippen LogP contribution in [0.15, 0.2) is 42.5 Å². The van der Waals surface area contributed by atoms with E-state index in [1.165, 1.54) is 5.56 Å². The molecule has 1 aromatic carbocycles. The molecule has 2 aliphatic carbocycles. The molecule has 1 aliphatic heterocycles. The maximum Gasteiger partial charge on any atom is 0.246 e. The Morgan fingerprint density at radius 2 is 2.04 bits per heavy atom. The summed E-state index contributed by atoms with van der Waals surface area (Å²) in [6, 6.07) is 10.8. The average Bonchev–Trinajstić information content (AvgIpc) is 3.25. The van der Waals surface area contributed by atoms with Crippen LogP contribution in [0.4, 0.5) is 0 Å². The molecule has 3 aliphatic rings. The molecule has 0 aromatic heterocycles. The van der Waals surface area contributed by atoms with Crippen molar-refractivity contribution < 1.29 is 14.3 Å². The zero-order chi connectivity index (χ0) is 17.1. The Kier molecular flexibility index (Phi) is 5.18. The summed E-state index contributed by atoms with van der Waals surface area (Å²) in [6.45, 7) is 2.38. The first-order valence-electron chi connectivity index (χ1n) is 9.49. The summed E-state index contributed by atoms with van der Waals surface area (Å²) in [4.78, 5) is 12.4. The molecule has 1 aromatic rings. The molecule has 0 spiro atoms. The Hall–Kier alpha value is -1.65. The number of ether oxygens (including phenoxy) is 2. The van der Waals surface area contributed by atoms with Gasteiger partial charge in [-0.25, -0.2) is 0 Å². The fraction of sp³-hybridized carbons (Fsp3) is 0.571.